The monoisotopic (exact) mass is 271 g/mol. The third kappa shape index (κ3) is 2.91. The van der Waals surface area contributed by atoms with E-state index in [1.807, 2.05) is 13.0 Å². The van der Waals surface area contributed by atoms with Crippen molar-refractivity contribution in [3.63, 3.8) is 0 Å². The van der Waals surface area contributed by atoms with Gasteiger partial charge in [0.1, 0.15) is 11.5 Å². The van der Waals surface area contributed by atoms with E-state index in [1.165, 1.54) is 4.90 Å². The SMILES string of the molecule is CCOc1ccccc1C(=O)N(C)c1ccc(O)cc1. The summed E-state index contributed by atoms with van der Waals surface area (Å²) in [5, 5.41) is 9.28. The molecule has 2 aromatic carbocycles. The fourth-order valence-electron chi connectivity index (χ4n) is 1.90. The molecule has 2 rings (SSSR count). The molecule has 1 amide bonds. The molecule has 0 radical (unpaired) electrons. The predicted octanol–water partition coefficient (Wildman–Crippen LogP) is 3.07. The maximum absolute atomic E-state index is 12.5. The Labute approximate surface area is 118 Å². The molecule has 0 saturated carbocycles. The number of carbonyl (C=O) groups is 1. The third-order valence-corrected chi connectivity index (χ3v) is 2.96. The van der Waals surface area contributed by atoms with Crippen molar-refractivity contribution in [1.82, 2.24) is 0 Å². The van der Waals surface area contributed by atoms with E-state index in [0.717, 1.165) is 0 Å². The summed E-state index contributed by atoms with van der Waals surface area (Å²) in [6.07, 6.45) is 0. The minimum absolute atomic E-state index is 0.153. The van der Waals surface area contributed by atoms with Crippen molar-refractivity contribution in [2.45, 2.75) is 6.92 Å². The van der Waals surface area contributed by atoms with Crippen LogP contribution < -0.4 is 9.64 Å². The van der Waals surface area contributed by atoms with Crippen LogP contribution in [0.3, 0.4) is 0 Å². The zero-order chi connectivity index (χ0) is 14.5. The van der Waals surface area contributed by atoms with Crippen molar-refractivity contribution >= 4 is 11.6 Å². The number of aromatic hydroxyl groups is 1. The van der Waals surface area contributed by atoms with Gasteiger partial charge in [-0.25, -0.2) is 0 Å². The topological polar surface area (TPSA) is 49.8 Å². The van der Waals surface area contributed by atoms with E-state index in [4.69, 9.17) is 4.74 Å². The Morgan fingerprint density at radius 1 is 1.15 bits per heavy atom. The first-order chi connectivity index (χ1) is 9.63. The van der Waals surface area contributed by atoms with Crippen LogP contribution in [0, 0.1) is 0 Å². The van der Waals surface area contributed by atoms with Gasteiger partial charge in [0.05, 0.1) is 12.2 Å². The van der Waals surface area contributed by atoms with Crippen LogP contribution in [0.5, 0.6) is 11.5 Å². The van der Waals surface area contributed by atoms with Crippen LogP contribution in [0.4, 0.5) is 5.69 Å². The van der Waals surface area contributed by atoms with Crippen molar-refractivity contribution in [3.8, 4) is 11.5 Å². The van der Waals surface area contributed by atoms with Crippen LogP contribution >= 0.6 is 0 Å². The molecular weight excluding hydrogens is 254 g/mol. The van der Waals surface area contributed by atoms with Gasteiger partial charge in [-0.3, -0.25) is 4.79 Å². The van der Waals surface area contributed by atoms with E-state index < -0.39 is 0 Å². The Kier molecular flexibility index (Phi) is 4.25. The third-order valence-electron chi connectivity index (χ3n) is 2.96. The number of benzene rings is 2. The van der Waals surface area contributed by atoms with Gasteiger partial charge in [0.15, 0.2) is 0 Å². The first-order valence-corrected chi connectivity index (χ1v) is 6.42. The highest BCUT2D eigenvalue weighted by atomic mass is 16.5. The van der Waals surface area contributed by atoms with Crippen molar-refractivity contribution in [3.05, 3.63) is 54.1 Å². The Balaban J connectivity index is 2.29. The Bertz CT molecular complexity index is 593. The van der Waals surface area contributed by atoms with Crippen LogP contribution in [0.15, 0.2) is 48.5 Å². The number of phenols is 1. The van der Waals surface area contributed by atoms with E-state index in [-0.39, 0.29) is 11.7 Å². The summed E-state index contributed by atoms with van der Waals surface area (Å²) in [6.45, 7) is 2.39. The molecule has 0 heterocycles. The van der Waals surface area contributed by atoms with Crippen molar-refractivity contribution < 1.29 is 14.6 Å². The molecule has 0 saturated heterocycles. The number of nitrogens with zero attached hydrogens (tertiary/aromatic N) is 1. The molecule has 4 heteroatoms. The summed E-state index contributed by atoms with van der Waals surface area (Å²) in [5.74, 6) is 0.592. The normalized spacial score (nSPS) is 10.1. The molecule has 4 nitrogen and oxygen atoms in total. The van der Waals surface area contributed by atoms with Gasteiger partial charge in [-0.15, -0.1) is 0 Å². The van der Waals surface area contributed by atoms with Gasteiger partial charge in [0, 0.05) is 12.7 Å². The van der Waals surface area contributed by atoms with Crippen molar-refractivity contribution in [2.75, 3.05) is 18.6 Å². The molecule has 20 heavy (non-hydrogen) atoms. The van der Waals surface area contributed by atoms with Gasteiger partial charge in [-0.1, -0.05) is 12.1 Å². The number of hydrogen-bond donors (Lipinski definition) is 1. The Morgan fingerprint density at radius 3 is 2.45 bits per heavy atom. The van der Waals surface area contributed by atoms with E-state index in [0.29, 0.717) is 23.6 Å². The summed E-state index contributed by atoms with van der Waals surface area (Å²) in [6, 6.07) is 13.6. The van der Waals surface area contributed by atoms with Crippen molar-refractivity contribution in [1.29, 1.82) is 0 Å². The number of para-hydroxylation sites is 1. The molecule has 0 aromatic heterocycles. The van der Waals surface area contributed by atoms with Gasteiger partial charge in [0.25, 0.3) is 5.91 Å². The van der Waals surface area contributed by atoms with E-state index in [1.54, 1.807) is 49.5 Å². The number of carbonyl (C=O) groups excluding carboxylic acids is 1. The van der Waals surface area contributed by atoms with E-state index in [2.05, 4.69) is 0 Å². The molecule has 0 aliphatic rings. The second-order valence-corrected chi connectivity index (χ2v) is 4.31. The number of amides is 1. The average Bonchev–Trinajstić information content (AvgIpc) is 2.47. The van der Waals surface area contributed by atoms with Crippen molar-refractivity contribution in [2.24, 2.45) is 0 Å². The summed E-state index contributed by atoms with van der Waals surface area (Å²) < 4.78 is 5.48. The van der Waals surface area contributed by atoms with Crippen LogP contribution in [0.25, 0.3) is 0 Å². The highest BCUT2D eigenvalue weighted by Gasteiger charge is 2.17. The summed E-state index contributed by atoms with van der Waals surface area (Å²) in [5.41, 5.74) is 1.23. The van der Waals surface area contributed by atoms with Gasteiger partial charge in [-0.2, -0.15) is 0 Å². The maximum atomic E-state index is 12.5. The minimum Gasteiger partial charge on any atom is -0.508 e. The van der Waals surface area contributed by atoms with Gasteiger partial charge >= 0.3 is 0 Å². The number of rotatable bonds is 4. The number of phenolic OH excluding ortho intramolecular Hbond substituents is 1. The van der Waals surface area contributed by atoms with E-state index >= 15 is 0 Å². The molecule has 0 aliphatic carbocycles. The largest absolute Gasteiger partial charge is 0.508 e. The smallest absolute Gasteiger partial charge is 0.261 e. The Morgan fingerprint density at radius 2 is 1.80 bits per heavy atom. The second kappa shape index (κ2) is 6.10. The summed E-state index contributed by atoms with van der Waals surface area (Å²) in [4.78, 5) is 14.0. The predicted molar refractivity (Wildman–Crippen MR) is 78.5 cm³/mol. The number of ether oxygens (including phenoxy) is 1. The highest BCUT2D eigenvalue weighted by Crippen LogP contribution is 2.23. The molecule has 0 fully saturated rings. The summed E-state index contributed by atoms with van der Waals surface area (Å²) in [7, 11) is 1.69. The standard InChI is InChI=1S/C16H17NO3/c1-3-20-15-7-5-4-6-14(15)16(19)17(2)12-8-10-13(18)11-9-12/h4-11,18H,3H2,1-2H3. The fraction of sp³-hybridized carbons (Fsp3) is 0.188. The fourth-order valence-corrected chi connectivity index (χ4v) is 1.90. The van der Waals surface area contributed by atoms with Crippen LogP contribution in [-0.2, 0) is 0 Å². The van der Waals surface area contributed by atoms with Crippen LogP contribution in [-0.4, -0.2) is 24.7 Å². The molecule has 0 bridgehead atoms. The maximum Gasteiger partial charge on any atom is 0.261 e. The van der Waals surface area contributed by atoms with Gasteiger partial charge in [-0.05, 0) is 43.3 Å². The lowest BCUT2D eigenvalue weighted by atomic mass is 10.1. The first kappa shape index (κ1) is 13.9. The van der Waals surface area contributed by atoms with Crippen LogP contribution in [0.2, 0.25) is 0 Å². The molecule has 0 spiro atoms. The minimum atomic E-state index is -0.153. The van der Waals surface area contributed by atoms with E-state index in [9.17, 15) is 9.90 Å². The quantitative estimate of drug-likeness (QED) is 0.929. The lowest BCUT2D eigenvalue weighted by Crippen LogP contribution is -2.26. The Hall–Kier alpha value is -2.49. The first-order valence-electron chi connectivity index (χ1n) is 6.42. The highest BCUT2D eigenvalue weighted by molar-refractivity contribution is 6.07. The zero-order valence-electron chi connectivity index (χ0n) is 11.5. The zero-order valence-corrected chi connectivity index (χ0v) is 11.5. The van der Waals surface area contributed by atoms with Crippen LogP contribution in [0.1, 0.15) is 17.3 Å². The molecule has 0 atom stereocenters. The average molecular weight is 271 g/mol. The lowest BCUT2D eigenvalue weighted by molar-refractivity contribution is 0.0989. The van der Waals surface area contributed by atoms with Gasteiger partial charge in [0.2, 0.25) is 0 Å². The summed E-state index contributed by atoms with van der Waals surface area (Å²) >= 11 is 0. The lowest BCUT2D eigenvalue weighted by Gasteiger charge is -2.19. The number of anilines is 1. The second-order valence-electron chi connectivity index (χ2n) is 4.31. The molecule has 0 aliphatic heterocycles. The molecule has 104 valence electrons. The molecule has 2 aromatic rings. The number of hydrogen-bond acceptors (Lipinski definition) is 3. The molecular formula is C16H17NO3. The molecule has 0 unspecified atom stereocenters. The molecule has 1 N–H and O–H groups in total. The van der Waals surface area contributed by atoms with Gasteiger partial charge < -0.3 is 14.7 Å².